The molecular formula is C21H20ClN3O4. The van der Waals surface area contributed by atoms with Crippen LogP contribution in [0.4, 0.5) is 17.1 Å². The number of benzene rings is 2. The molecule has 150 valence electrons. The second-order valence-corrected chi connectivity index (χ2v) is 7.06. The van der Waals surface area contributed by atoms with Gasteiger partial charge in [0.25, 0.3) is 0 Å². The summed E-state index contributed by atoms with van der Waals surface area (Å²) in [4.78, 5) is 18.6. The zero-order valence-corrected chi connectivity index (χ0v) is 16.6. The summed E-state index contributed by atoms with van der Waals surface area (Å²) in [5.41, 5.74) is 2.96. The van der Waals surface area contributed by atoms with Gasteiger partial charge < -0.3 is 24.8 Å². The highest BCUT2D eigenvalue weighted by Crippen LogP contribution is 2.37. The highest BCUT2D eigenvalue weighted by atomic mass is 35.5. The van der Waals surface area contributed by atoms with E-state index in [1.165, 1.54) is 13.2 Å². The van der Waals surface area contributed by atoms with Crippen molar-refractivity contribution in [1.29, 1.82) is 0 Å². The first-order valence-electron chi connectivity index (χ1n) is 9.16. The lowest BCUT2D eigenvalue weighted by Gasteiger charge is -2.31. The summed E-state index contributed by atoms with van der Waals surface area (Å²) >= 11 is 6.25. The molecule has 0 unspecified atom stereocenters. The van der Waals surface area contributed by atoms with E-state index in [-0.39, 0.29) is 5.56 Å². The van der Waals surface area contributed by atoms with Crippen LogP contribution in [0.3, 0.4) is 0 Å². The van der Waals surface area contributed by atoms with Crippen LogP contribution in [0.1, 0.15) is 10.4 Å². The molecule has 4 rings (SSSR count). The Morgan fingerprint density at radius 2 is 2.03 bits per heavy atom. The molecule has 0 atom stereocenters. The molecular weight excluding hydrogens is 394 g/mol. The molecule has 7 nitrogen and oxygen atoms in total. The van der Waals surface area contributed by atoms with Crippen LogP contribution in [0.25, 0.3) is 10.9 Å². The number of carboxylic acid groups (broad SMARTS) is 1. The van der Waals surface area contributed by atoms with Gasteiger partial charge in [-0.15, -0.1) is 0 Å². The van der Waals surface area contributed by atoms with Crippen molar-refractivity contribution in [2.45, 2.75) is 0 Å². The number of pyridine rings is 1. The van der Waals surface area contributed by atoms with Gasteiger partial charge in [-0.25, -0.2) is 4.79 Å². The van der Waals surface area contributed by atoms with Crippen molar-refractivity contribution in [2.24, 2.45) is 0 Å². The highest BCUT2D eigenvalue weighted by Gasteiger charge is 2.20. The van der Waals surface area contributed by atoms with Gasteiger partial charge in [0.05, 0.1) is 54.7 Å². The normalized spacial score (nSPS) is 14.1. The average molecular weight is 414 g/mol. The molecule has 0 saturated carbocycles. The maximum Gasteiger partial charge on any atom is 0.337 e. The molecule has 1 aliphatic rings. The van der Waals surface area contributed by atoms with Gasteiger partial charge >= 0.3 is 5.97 Å². The minimum Gasteiger partial charge on any atom is -0.497 e. The van der Waals surface area contributed by atoms with E-state index in [1.807, 2.05) is 12.1 Å². The number of methoxy groups -OCH3 is 1. The topological polar surface area (TPSA) is 83.9 Å². The van der Waals surface area contributed by atoms with Gasteiger partial charge in [0.1, 0.15) is 5.75 Å². The number of morpholine rings is 1. The maximum atomic E-state index is 11.8. The van der Waals surface area contributed by atoms with Crippen LogP contribution in [0.15, 0.2) is 42.6 Å². The Morgan fingerprint density at radius 1 is 1.24 bits per heavy atom. The first-order chi connectivity index (χ1) is 14.1. The van der Waals surface area contributed by atoms with Crippen molar-refractivity contribution in [2.75, 3.05) is 43.6 Å². The lowest BCUT2D eigenvalue weighted by Crippen LogP contribution is -2.36. The Bertz CT molecular complexity index is 1070. The number of aromatic nitrogens is 1. The summed E-state index contributed by atoms with van der Waals surface area (Å²) in [6.07, 6.45) is 1.80. The molecule has 0 spiro atoms. The zero-order chi connectivity index (χ0) is 20.4. The Labute approximate surface area is 172 Å². The first kappa shape index (κ1) is 19.3. The number of nitrogens with one attached hydrogen (secondary N) is 1. The highest BCUT2D eigenvalue weighted by molar-refractivity contribution is 6.31. The number of nitrogens with zero attached hydrogens (tertiary/aromatic N) is 2. The van der Waals surface area contributed by atoms with E-state index in [0.29, 0.717) is 29.7 Å². The number of anilines is 3. The van der Waals surface area contributed by atoms with Gasteiger partial charge in [0.15, 0.2) is 0 Å². The van der Waals surface area contributed by atoms with E-state index in [2.05, 4.69) is 15.2 Å². The Hall–Kier alpha value is -3.03. The number of rotatable bonds is 5. The average Bonchev–Trinajstić information content (AvgIpc) is 2.74. The van der Waals surface area contributed by atoms with Crippen LogP contribution in [-0.2, 0) is 4.74 Å². The summed E-state index contributed by atoms with van der Waals surface area (Å²) in [6.45, 7) is 2.68. The SMILES string of the molecule is COc1ccc(Nc2c(N3CCOCC3)cnc3ccc(Cl)cc23)c(C(=O)O)c1. The van der Waals surface area contributed by atoms with Crippen molar-refractivity contribution in [3.8, 4) is 5.75 Å². The fourth-order valence-corrected chi connectivity index (χ4v) is 3.57. The van der Waals surface area contributed by atoms with Gasteiger partial charge in [-0.05, 0) is 36.4 Å². The maximum absolute atomic E-state index is 11.8. The number of carbonyl (C=O) groups is 1. The van der Waals surface area contributed by atoms with Gasteiger partial charge in [-0.3, -0.25) is 4.98 Å². The van der Waals surface area contributed by atoms with E-state index in [1.54, 1.807) is 24.4 Å². The molecule has 1 aliphatic heterocycles. The molecule has 0 aliphatic carbocycles. The molecule has 2 N–H and O–H groups in total. The third-order valence-corrected chi connectivity index (χ3v) is 5.11. The molecule has 8 heteroatoms. The smallest absolute Gasteiger partial charge is 0.337 e. The van der Waals surface area contributed by atoms with Gasteiger partial charge in [-0.2, -0.15) is 0 Å². The van der Waals surface area contributed by atoms with E-state index < -0.39 is 5.97 Å². The fraction of sp³-hybridized carbons (Fsp3) is 0.238. The Balaban J connectivity index is 1.87. The second-order valence-electron chi connectivity index (χ2n) is 6.62. The van der Waals surface area contributed by atoms with Crippen LogP contribution in [0.5, 0.6) is 5.75 Å². The number of hydrogen-bond acceptors (Lipinski definition) is 6. The molecule has 0 radical (unpaired) electrons. The second kappa shape index (κ2) is 8.14. The van der Waals surface area contributed by atoms with E-state index in [4.69, 9.17) is 21.1 Å². The van der Waals surface area contributed by atoms with Gasteiger partial charge in [0, 0.05) is 23.5 Å². The molecule has 3 aromatic rings. The molecule has 1 aromatic heterocycles. The minimum atomic E-state index is -1.05. The number of ether oxygens (including phenoxy) is 2. The monoisotopic (exact) mass is 413 g/mol. The lowest BCUT2D eigenvalue weighted by molar-refractivity contribution is 0.0697. The lowest BCUT2D eigenvalue weighted by atomic mass is 10.1. The van der Waals surface area contributed by atoms with Gasteiger partial charge in [0.2, 0.25) is 0 Å². The van der Waals surface area contributed by atoms with Crippen molar-refractivity contribution < 1.29 is 19.4 Å². The summed E-state index contributed by atoms with van der Waals surface area (Å²) in [5, 5.41) is 14.4. The Morgan fingerprint density at radius 3 is 2.76 bits per heavy atom. The van der Waals surface area contributed by atoms with Crippen LogP contribution in [-0.4, -0.2) is 49.5 Å². The summed E-state index contributed by atoms with van der Waals surface area (Å²) in [7, 11) is 1.50. The molecule has 29 heavy (non-hydrogen) atoms. The first-order valence-corrected chi connectivity index (χ1v) is 9.54. The third kappa shape index (κ3) is 3.92. The van der Waals surface area contributed by atoms with E-state index in [9.17, 15) is 9.90 Å². The molecule has 2 aromatic carbocycles. The standard InChI is InChI=1S/C21H20ClN3O4/c1-28-14-3-5-18(16(11-14)21(26)27)24-20-15-10-13(22)2-4-17(15)23-12-19(20)25-6-8-29-9-7-25/h2-5,10-12H,6-9H2,1H3,(H,23,24)(H,26,27). The number of fused-ring (bicyclic) bond motifs is 1. The van der Waals surface area contributed by atoms with E-state index in [0.717, 1.165) is 35.4 Å². The summed E-state index contributed by atoms with van der Waals surface area (Å²) < 4.78 is 10.6. The van der Waals surface area contributed by atoms with Crippen molar-refractivity contribution in [3.05, 3.63) is 53.2 Å². The largest absolute Gasteiger partial charge is 0.497 e. The summed E-state index contributed by atoms with van der Waals surface area (Å²) in [6, 6.07) is 10.4. The number of hydrogen-bond donors (Lipinski definition) is 2. The van der Waals surface area contributed by atoms with Crippen LogP contribution in [0.2, 0.25) is 5.02 Å². The predicted octanol–water partition coefficient (Wildman–Crippen LogP) is 4.18. The van der Waals surface area contributed by atoms with Crippen LogP contribution in [0, 0.1) is 0 Å². The summed E-state index contributed by atoms with van der Waals surface area (Å²) in [5.74, 6) is -0.570. The molecule has 1 saturated heterocycles. The van der Waals surface area contributed by atoms with Crippen molar-refractivity contribution in [3.63, 3.8) is 0 Å². The van der Waals surface area contributed by atoms with Crippen LogP contribution < -0.4 is 15.0 Å². The van der Waals surface area contributed by atoms with Crippen LogP contribution >= 0.6 is 11.6 Å². The number of halogens is 1. The molecule has 0 bridgehead atoms. The minimum absolute atomic E-state index is 0.115. The molecule has 0 amide bonds. The van der Waals surface area contributed by atoms with Crippen molar-refractivity contribution in [1.82, 2.24) is 4.98 Å². The zero-order valence-electron chi connectivity index (χ0n) is 15.8. The third-order valence-electron chi connectivity index (χ3n) is 4.88. The Kier molecular flexibility index (Phi) is 5.42. The van der Waals surface area contributed by atoms with E-state index >= 15 is 0 Å². The number of aromatic carboxylic acids is 1. The van der Waals surface area contributed by atoms with Gasteiger partial charge in [-0.1, -0.05) is 11.6 Å². The number of carboxylic acids is 1. The predicted molar refractivity (Wildman–Crippen MR) is 113 cm³/mol. The molecule has 2 heterocycles. The van der Waals surface area contributed by atoms with Crippen molar-refractivity contribution >= 4 is 45.5 Å². The fourth-order valence-electron chi connectivity index (χ4n) is 3.40. The quantitative estimate of drug-likeness (QED) is 0.649. The molecule has 1 fully saturated rings.